The molecule has 0 bridgehead atoms. The molecule has 1 nitrogen and oxygen atoms in total. The van der Waals surface area contributed by atoms with Crippen molar-refractivity contribution in [3.8, 4) is 0 Å². The van der Waals surface area contributed by atoms with Crippen molar-refractivity contribution >= 4 is 15.9 Å². The van der Waals surface area contributed by atoms with Gasteiger partial charge in [-0.15, -0.1) is 0 Å². The second-order valence-electron chi connectivity index (χ2n) is 2.83. The van der Waals surface area contributed by atoms with Gasteiger partial charge in [0.15, 0.2) is 11.6 Å². The van der Waals surface area contributed by atoms with E-state index in [4.69, 9.17) is 5.73 Å². The first-order chi connectivity index (χ1) is 6.56. The first-order valence-electron chi connectivity index (χ1n) is 4.05. The van der Waals surface area contributed by atoms with Crippen molar-refractivity contribution in [2.24, 2.45) is 5.73 Å². The molecule has 1 aromatic rings. The second kappa shape index (κ2) is 4.79. The third-order valence-electron chi connectivity index (χ3n) is 1.80. The minimum atomic E-state index is -1.37. The minimum Gasteiger partial charge on any atom is -0.330 e. The second-order valence-corrected chi connectivity index (χ2v) is 3.69. The number of hydrogen-bond acceptors (Lipinski definition) is 1. The Morgan fingerprint density at radius 2 is 1.86 bits per heavy atom. The summed E-state index contributed by atoms with van der Waals surface area (Å²) in [5, 5.41) is 0. The molecule has 0 saturated heterocycles. The van der Waals surface area contributed by atoms with Gasteiger partial charge in [0.1, 0.15) is 6.17 Å². The molecule has 0 aliphatic rings. The van der Waals surface area contributed by atoms with Crippen molar-refractivity contribution in [2.75, 3.05) is 6.54 Å². The number of halogens is 4. The topological polar surface area (TPSA) is 26.0 Å². The van der Waals surface area contributed by atoms with Gasteiger partial charge in [0.05, 0.1) is 0 Å². The summed E-state index contributed by atoms with van der Waals surface area (Å²) < 4.78 is 39.0. The summed E-state index contributed by atoms with van der Waals surface area (Å²) in [5.74, 6) is -2.05. The summed E-state index contributed by atoms with van der Waals surface area (Å²) in [7, 11) is 0. The van der Waals surface area contributed by atoms with Gasteiger partial charge in [0.25, 0.3) is 0 Å². The Bertz CT molecular complexity index is 330. The smallest absolute Gasteiger partial charge is 0.159 e. The normalized spacial score (nSPS) is 12.9. The zero-order valence-electron chi connectivity index (χ0n) is 7.24. The standard InChI is InChI=1S/C9H9BrF3N/c10-6-4-9(13)8(12)3-5(6)7(11)1-2-14/h3-4,7H,1-2,14H2. The Hall–Kier alpha value is -0.550. The molecule has 14 heavy (non-hydrogen) atoms. The number of nitrogens with two attached hydrogens (primary N) is 1. The van der Waals surface area contributed by atoms with Crippen LogP contribution in [0, 0.1) is 11.6 Å². The van der Waals surface area contributed by atoms with Crippen LogP contribution in [-0.2, 0) is 0 Å². The van der Waals surface area contributed by atoms with Gasteiger partial charge in [-0.25, -0.2) is 13.2 Å². The first kappa shape index (κ1) is 11.5. The lowest BCUT2D eigenvalue weighted by atomic mass is 10.1. The van der Waals surface area contributed by atoms with Crippen LogP contribution in [0.2, 0.25) is 0 Å². The van der Waals surface area contributed by atoms with Gasteiger partial charge in [-0.2, -0.15) is 0 Å². The van der Waals surface area contributed by atoms with Crippen molar-refractivity contribution in [3.63, 3.8) is 0 Å². The van der Waals surface area contributed by atoms with Crippen molar-refractivity contribution in [2.45, 2.75) is 12.6 Å². The maximum absolute atomic E-state index is 13.3. The summed E-state index contributed by atoms with van der Waals surface area (Å²) in [6, 6.07) is 1.76. The Balaban J connectivity index is 3.02. The molecule has 1 aromatic carbocycles. The number of alkyl halides is 1. The Labute approximate surface area is 88.2 Å². The predicted molar refractivity (Wildman–Crippen MR) is 51.6 cm³/mol. The largest absolute Gasteiger partial charge is 0.330 e. The van der Waals surface area contributed by atoms with Crippen molar-refractivity contribution in [1.82, 2.24) is 0 Å². The summed E-state index contributed by atoms with van der Waals surface area (Å²) in [5.41, 5.74) is 5.25. The van der Waals surface area contributed by atoms with Crippen molar-refractivity contribution in [3.05, 3.63) is 33.8 Å². The van der Waals surface area contributed by atoms with E-state index in [0.29, 0.717) is 0 Å². The molecule has 0 spiro atoms. The Morgan fingerprint density at radius 1 is 1.29 bits per heavy atom. The average molecular weight is 268 g/mol. The molecule has 0 aliphatic carbocycles. The van der Waals surface area contributed by atoms with Gasteiger partial charge in [-0.1, -0.05) is 15.9 Å². The minimum absolute atomic E-state index is 0.0870. The maximum atomic E-state index is 13.3. The summed E-state index contributed by atoms with van der Waals surface area (Å²) in [4.78, 5) is 0. The molecule has 0 aromatic heterocycles. The fraction of sp³-hybridized carbons (Fsp3) is 0.333. The van der Waals surface area contributed by atoms with Gasteiger partial charge >= 0.3 is 0 Å². The molecule has 1 atom stereocenters. The molecule has 0 aliphatic heterocycles. The highest BCUT2D eigenvalue weighted by atomic mass is 79.9. The highest BCUT2D eigenvalue weighted by Gasteiger charge is 2.15. The molecule has 2 N–H and O–H groups in total. The van der Waals surface area contributed by atoms with Crippen LogP contribution >= 0.6 is 15.9 Å². The zero-order chi connectivity index (χ0) is 10.7. The summed E-state index contributed by atoms with van der Waals surface area (Å²) >= 11 is 2.96. The molecule has 5 heteroatoms. The van der Waals surface area contributed by atoms with E-state index in [0.717, 1.165) is 12.1 Å². The van der Waals surface area contributed by atoms with Gasteiger partial charge < -0.3 is 5.73 Å². The van der Waals surface area contributed by atoms with E-state index in [1.807, 2.05) is 0 Å². The van der Waals surface area contributed by atoms with E-state index >= 15 is 0 Å². The molecule has 0 heterocycles. The number of benzene rings is 1. The highest BCUT2D eigenvalue weighted by Crippen LogP contribution is 2.30. The lowest BCUT2D eigenvalue weighted by molar-refractivity contribution is 0.324. The fourth-order valence-electron chi connectivity index (χ4n) is 1.08. The van der Waals surface area contributed by atoms with E-state index in [-0.39, 0.29) is 23.0 Å². The van der Waals surface area contributed by atoms with E-state index in [1.165, 1.54) is 0 Å². The Kier molecular flexibility index (Phi) is 3.95. The van der Waals surface area contributed by atoms with Crippen molar-refractivity contribution in [1.29, 1.82) is 0 Å². The molecular formula is C9H9BrF3N. The molecule has 0 saturated carbocycles. The van der Waals surface area contributed by atoms with Crippen LogP contribution in [-0.4, -0.2) is 6.54 Å². The quantitative estimate of drug-likeness (QED) is 0.837. The molecule has 0 amide bonds. The third kappa shape index (κ3) is 2.48. The molecule has 78 valence electrons. The molecule has 0 radical (unpaired) electrons. The maximum Gasteiger partial charge on any atom is 0.159 e. The average Bonchev–Trinajstić information content (AvgIpc) is 2.11. The zero-order valence-corrected chi connectivity index (χ0v) is 8.82. The number of rotatable bonds is 3. The van der Waals surface area contributed by atoms with Gasteiger partial charge in [-0.05, 0) is 25.1 Å². The van der Waals surface area contributed by atoms with Crippen LogP contribution in [0.25, 0.3) is 0 Å². The predicted octanol–water partition coefficient (Wildman–Crippen LogP) is 3.09. The lowest BCUT2D eigenvalue weighted by Gasteiger charge is -2.09. The van der Waals surface area contributed by atoms with E-state index in [9.17, 15) is 13.2 Å². The van der Waals surface area contributed by atoms with Crippen LogP contribution < -0.4 is 5.73 Å². The van der Waals surface area contributed by atoms with Crippen LogP contribution in [0.1, 0.15) is 18.2 Å². The molecule has 1 rings (SSSR count). The van der Waals surface area contributed by atoms with Gasteiger partial charge in [0, 0.05) is 10.0 Å². The van der Waals surface area contributed by atoms with E-state index in [2.05, 4.69) is 15.9 Å². The van der Waals surface area contributed by atoms with Crippen LogP contribution in [0.3, 0.4) is 0 Å². The van der Waals surface area contributed by atoms with Crippen LogP contribution in [0.15, 0.2) is 16.6 Å². The van der Waals surface area contributed by atoms with Crippen LogP contribution in [0.5, 0.6) is 0 Å². The van der Waals surface area contributed by atoms with Crippen molar-refractivity contribution < 1.29 is 13.2 Å². The molecular weight excluding hydrogens is 259 g/mol. The number of hydrogen-bond donors (Lipinski definition) is 1. The van der Waals surface area contributed by atoms with Gasteiger partial charge in [-0.3, -0.25) is 0 Å². The van der Waals surface area contributed by atoms with Crippen LogP contribution in [0.4, 0.5) is 13.2 Å². The Morgan fingerprint density at radius 3 is 2.43 bits per heavy atom. The highest BCUT2D eigenvalue weighted by molar-refractivity contribution is 9.10. The monoisotopic (exact) mass is 267 g/mol. The summed E-state index contributed by atoms with van der Waals surface area (Å²) in [6.07, 6.45) is -1.28. The van der Waals surface area contributed by atoms with E-state index in [1.54, 1.807) is 0 Å². The van der Waals surface area contributed by atoms with E-state index < -0.39 is 17.8 Å². The molecule has 1 unspecified atom stereocenters. The third-order valence-corrected chi connectivity index (χ3v) is 2.48. The van der Waals surface area contributed by atoms with Gasteiger partial charge in [0.2, 0.25) is 0 Å². The fourth-order valence-corrected chi connectivity index (χ4v) is 1.64. The SMILES string of the molecule is NCCC(F)c1cc(F)c(F)cc1Br. The lowest BCUT2D eigenvalue weighted by Crippen LogP contribution is -2.05. The summed E-state index contributed by atoms with van der Waals surface area (Å²) in [6.45, 7) is 0.159. The first-order valence-corrected chi connectivity index (χ1v) is 4.84. The molecule has 0 fully saturated rings.